The molecular formula is C9H11BrClN. The van der Waals surface area contributed by atoms with Gasteiger partial charge < -0.3 is 4.90 Å². The number of rotatable bonds is 2. The summed E-state index contributed by atoms with van der Waals surface area (Å²) in [5, 5.41) is 0.779. The van der Waals surface area contributed by atoms with Crippen molar-refractivity contribution in [2.75, 3.05) is 14.1 Å². The van der Waals surface area contributed by atoms with E-state index in [0.717, 1.165) is 16.0 Å². The maximum atomic E-state index is 5.89. The third-order valence-electron chi connectivity index (χ3n) is 1.42. The van der Waals surface area contributed by atoms with E-state index in [0.29, 0.717) is 0 Å². The molecule has 0 N–H and O–H groups in total. The molecule has 1 aromatic carbocycles. The van der Waals surface area contributed by atoms with Gasteiger partial charge in [-0.2, -0.15) is 0 Å². The van der Waals surface area contributed by atoms with Crippen molar-refractivity contribution in [3.05, 3.63) is 33.3 Å². The highest BCUT2D eigenvalue weighted by molar-refractivity contribution is 9.10. The number of hydrogen-bond donors (Lipinski definition) is 0. The molecule has 0 unspecified atom stereocenters. The smallest absolute Gasteiger partial charge is 0.0420 e. The van der Waals surface area contributed by atoms with Gasteiger partial charge in [-0.1, -0.05) is 27.5 Å². The lowest BCUT2D eigenvalue weighted by molar-refractivity contribution is 0.402. The van der Waals surface area contributed by atoms with Gasteiger partial charge >= 0.3 is 0 Å². The van der Waals surface area contributed by atoms with Crippen molar-refractivity contribution in [1.82, 2.24) is 4.90 Å². The number of nitrogens with zero attached hydrogens (tertiary/aromatic N) is 1. The summed E-state index contributed by atoms with van der Waals surface area (Å²) in [6, 6.07) is 5.94. The van der Waals surface area contributed by atoms with Gasteiger partial charge in [0.15, 0.2) is 0 Å². The van der Waals surface area contributed by atoms with E-state index in [9.17, 15) is 0 Å². The van der Waals surface area contributed by atoms with Gasteiger partial charge in [-0.15, -0.1) is 0 Å². The highest BCUT2D eigenvalue weighted by Gasteiger charge is 1.98. The SMILES string of the molecule is CN(C)Cc1cc(Cl)cc(Br)c1. The molecule has 0 fully saturated rings. The lowest BCUT2D eigenvalue weighted by Crippen LogP contribution is -2.10. The topological polar surface area (TPSA) is 3.24 Å². The Hall–Kier alpha value is -0.0500. The van der Waals surface area contributed by atoms with Crippen molar-refractivity contribution >= 4 is 27.5 Å². The molecule has 0 spiro atoms. The fourth-order valence-electron chi connectivity index (χ4n) is 1.07. The molecule has 3 heteroatoms. The fourth-order valence-corrected chi connectivity index (χ4v) is 2.00. The number of benzene rings is 1. The molecule has 0 amide bonds. The normalized spacial score (nSPS) is 10.8. The van der Waals surface area contributed by atoms with Crippen LogP contribution in [-0.2, 0) is 6.54 Å². The van der Waals surface area contributed by atoms with Crippen molar-refractivity contribution < 1.29 is 0 Å². The molecule has 1 nitrogen and oxygen atoms in total. The van der Waals surface area contributed by atoms with Gasteiger partial charge in [0, 0.05) is 16.0 Å². The van der Waals surface area contributed by atoms with Gasteiger partial charge in [-0.25, -0.2) is 0 Å². The molecule has 12 heavy (non-hydrogen) atoms. The van der Waals surface area contributed by atoms with Gasteiger partial charge in [-0.05, 0) is 37.9 Å². The molecule has 0 aliphatic heterocycles. The van der Waals surface area contributed by atoms with Crippen molar-refractivity contribution in [3.8, 4) is 0 Å². The average molecular weight is 249 g/mol. The first-order valence-corrected chi connectivity index (χ1v) is 4.85. The molecular weight excluding hydrogens is 237 g/mol. The first-order valence-electron chi connectivity index (χ1n) is 3.67. The molecule has 0 saturated heterocycles. The van der Waals surface area contributed by atoms with E-state index < -0.39 is 0 Å². The Labute approximate surface area is 86.5 Å². The number of halogens is 2. The molecule has 0 aromatic heterocycles. The summed E-state index contributed by atoms with van der Waals surface area (Å²) in [5.74, 6) is 0. The highest BCUT2D eigenvalue weighted by atomic mass is 79.9. The molecule has 1 rings (SSSR count). The molecule has 0 bridgehead atoms. The van der Waals surface area contributed by atoms with Gasteiger partial charge in [0.2, 0.25) is 0 Å². The first-order chi connectivity index (χ1) is 5.58. The molecule has 0 saturated carbocycles. The average Bonchev–Trinajstić information content (AvgIpc) is 1.81. The van der Waals surface area contributed by atoms with Crippen LogP contribution in [0.1, 0.15) is 5.56 Å². The van der Waals surface area contributed by atoms with Crippen molar-refractivity contribution in [1.29, 1.82) is 0 Å². The summed E-state index contributed by atoms with van der Waals surface area (Å²) >= 11 is 9.28. The molecule has 1 aromatic rings. The quantitative estimate of drug-likeness (QED) is 0.777. The van der Waals surface area contributed by atoms with Crippen LogP contribution in [0.3, 0.4) is 0 Å². The summed E-state index contributed by atoms with van der Waals surface area (Å²) in [4.78, 5) is 2.11. The van der Waals surface area contributed by atoms with Crippen LogP contribution in [-0.4, -0.2) is 19.0 Å². The molecule has 0 aliphatic rings. The minimum Gasteiger partial charge on any atom is -0.305 e. The predicted molar refractivity (Wildman–Crippen MR) is 56.5 cm³/mol. The summed E-state index contributed by atoms with van der Waals surface area (Å²) in [5.41, 5.74) is 1.22. The summed E-state index contributed by atoms with van der Waals surface area (Å²) < 4.78 is 1.03. The molecule has 0 heterocycles. The van der Waals surface area contributed by atoms with Crippen LogP contribution < -0.4 is 0 Å². The zero-order valence-corrected chi connectivity index (χ0v) is 9.48. The third-order valence-corrected chi connectivity index (χ3v) is 2.10. The first kappa shape index (κ1) is 10.0. The molecule has 0 radical (unpaired) electrons. The third kappa shape index (κ3) is 3.13. The molecule has 66 valence electrons. The van der Waals surface area contributed by atoms with Crippen molar-refractivity contribution in [3.63, 3.8) is 0 Å². The monoisotopic (exact) mass is 247 g/mol. The van der Waals surface area contributed by atoms with E-state index in [1.165, 1.54) is 5.56 Å². The lowest BCUT2D eigenvalue weighted by atomic mass is 10.2. The van der Waals surface area contributed by atoms with Crippen LogP contribution in [0.5, 0.6) is 0 Å². The van der Waals surface area contributed by atoms with E-state index >= 15 is 0 Å². The standard InChI is InChI=1S/C9H11BrClN/c1-12(2)6-7-3-8(10)5-9(11)4-7/h3-5H,6H2,1-2H3. The highest BCUT2D eigenvalue weighted by Crippen LogP contribution is 2.19. The van der Waals surface area contributed by atoms with E-state index in [1.807, 2.05) is 26.2 Å². The van der Waals surface area contributed by atoms with Gasteiger partial charge in [0.25, 0.3) is 0 Å². The van der Waals surface area contributed by atoms with Gasteiger partial charge in [0.1, 0.15) is 0 Å². The maximum absolute atomic E-state index is 5.89. The van der Waals surface area contributed by atoms with E-state index in [1.54, 1.807) is 0 Å². The van der Waals surface area contributed by atoms with Crippen LogP contribution in [0.4, 0.5) is 0 Å². The maximum Gasteiger partial charge on any atom is 0.0420 e. The van der Waals surface area contributed by atoms with E-state index in [4.69, 9.17) is 11.6 Å². The van der Waals surface area contributed by atoms with Gasteiger partial charge in [0.05, 0.1) is 0 Å². The minimum atomic E-state index is 0.779. The Morgan fingerprint density at radius 1 is 1.33 bits per heavy atom. The van der Waals surface area contributed by atoms with E-state index in [2.05, 4.69) is 26.9 Å². The minimum absolute atomic E-state index is 0.779. The van der Waals surface area contributed by atoms with Crippen LogP contribution in [0.2, 0.25) is 5.02 Å². The second-order valence-electron chi connectivity index (χ2n) is 3.02. The van der Waals surface area contributed by atoms with Crippen molar-refractivity contribution in [2.24, 2.45) is 0 Å². The summed E-state index contributed by atoms with van der Waals surface area (Å²) in [6.45, 7) is 0.916. The molecule has 0 atom stereocenters. The van der Waals surface area contributed by atoms with Crippen LogP contribution in [0.15, 0.2) is 22.7 Å². The lowest BCUT2D eigenvalue weighted by Gasteiger charge is -2.09. The largest absolute Gasteiger partial charge is 0.305 e. The summed E-state index contributed by atoms with van der Waals surface area (Å²) in [7, 11) is 4.07. The predicted octanol–water partition coefficient (Wildman–Crippen LogP) is 3.16. The second-order valence-corrected chi connectivity index (χ2v) is 4.37. The van der Waals surface area contributed by atoms with Crippen LogP contribution >= 0.6 is 27.5 Å². The van der Waals surface area contributed by atoms with E-state index in [-0.39, 0.29) is 0 Å². The fraction of sp³-hybridized carbons (Fsp3) is 0.333. The molecule has 0 aliphatic carbocycles. The Bertz CT molecular complexity index is 253. The summed E-state index contributed by atoms with van der Waals surface area (Å²) in [6.07, 6.45) is 0. The zero-order valence-electron chi connectivity index (χ0n) is 7.14. The number of hydrogen-bond acceptors (Lipinski definition) is 1. The van der Waals surface area contributed by atoms with Crippen molar-refractivity contribution in [2.45, 2.75) is 6.54 Å². The zero-order chi connectivity index (χ0) is 9.14. The van der Waals surface area contributed by atoms with Crippen LogP contribution in [0.25, 0.3) is 0 Å². The Morgan fingerprint density at radius 2 is 2.00 bits per heavy atom. The van der Waals surface area contributed by atoms with Gasteiger partial charge in [-0.3, -0.25) is 0 Å². The second kappa shape index (κ2) is 4.26. The Morgan fingerprint density at radius 3 is 2.50 bits per heavy atom. The Balaban J connectivity index is 2.85. The Kier molecular flexibility index (Phi) is 3.56. The van der Waals surface area contributed by atoms with Crippen LogP contribution in [0, 0.1) is 0 Å².